The van der Waals surface area contributed by atoms with Crippen molar-refractivity contribution in [3.8, 4) is 16.9 Å². The number of amides is 2. The Balaban J connectivity index is 1.68. The third-order valence-electron chi connectivity index (χ3n) is 5.22. The van der Waals surface area contributed by atoms with Crippen molar-refractivity contribution in [1.29, 1.82) is 0 Å². The summed E-state index contributed by atoms with van der Waals surface area (Å²) in [6.07, 6.45) is 0.748. The Morgan fingerprint density at radius 2 is 1.76 bits per heavy atom. The zero-order valence-electron chi connectivity index (χ0n) is 16.5. The molecule has 3 rings (SSSR count). The molecule has 1 aliphatic rings. The first kappa shape index (κ1) is 20.7. The molecule has 0 spiro atoms. The van der Waals surface area contributed by atoms with E-state index in [1.807, 2.05) is 30.3 Å². The Kier molecular flexibility index (Phi) is 6.72. The minimum Gasteiger partial charge on any atom is -0.493 e. The first-order valence-corrected chi connectivity index (χ1v) is 9.60. The fourth-order valence-electron chi connectivity index (χ4n) is 3.49. The second-order valence-corrected chi connectivity index (χ2v) is 7.22. The van der Waals surface area contributed by atoms with Gasteiger partial charge in [0, 0.05) is 31.3 Å². The average molecular weight is 398 g/mol. The largest absolute Gasteiger partial charge is 0.493 e. The summed E-state index contributed by atoms with van der Waals surface area (Å²) in [7, 11) is 1.64. The van der Waals surface area contributed by atoms with E-state index in [0.717, 1.165) is 35.3 Å². The molecule has 29 heavy (non-hydrogen) atoms. The van der Waals surface area contributed by atoms with Crippen molar-refractivity contribution >= 4 is 12.0 Å². The van der Waals surface area contributed by atoms with E-state index in [1.54, 1.807) is 19.2 Å². The number of rotatable bonds is 7. The van der Waals surface area contributed by atoms with Crippen LogP contribution in [0.3, 0.4) is 0 Å². The third kappa shape index (κ3) is 5.26. The average Bonchev–Trinajstić information content (AvgIpc) is 2.73. The van der Waals surface area contributed by atoms with Crippen LogP contribution in [0.15, 0.2) is 42.5 Å². The molecule has 1 fully saturated rings. The van der Waals surface area contributed by atoms with E-state index < -0.39 is 12.0 Å². The van der Waals surface area contributed by atoms with E-state index in [4.69, 9.17) is 20.3 Å². The molecule has 2 aromatic carbocycles. The number of nitrogens with zero attached hydrogens (tertiary/aromatic N) is 1. The smallest absolute Gasteiger partial charge is 0.407 e. The van der Waals surface area contributed by atoms with Gasteiger partial charge in [0.05, 0.1) is 13.2 Å². The lowest BCUT2D eigenvalue weighted by Gasteiger charge is -2.30. The number of likely N-dealkylation sites (tertiary alicyclic amines) is 1. The maximum absolute atomic E-state index is 11.2. The highest BCUT2D eigenvalue weighted by atomic mass is 16.5. The summed E-state index contributed by atoms with van der Waals surface area (Å²) in [5.41, 5.74) is 8.68. The van der Waals surface area contributed by atoms with Crippen LogP contribution in [-0.4, -0.2) is 48.8 Å². The number of nitrogens with two attached hydrogens (primary N) is 1. The zero-order valence-corrected chi connectivity index (χ0v) is 16.5. The molecule has 154 valence electrons. The van der Waals surface area contributed by atoms with Crippen LogP contribution in [0.4, 0.5) is 4.79 Å². The van der Waals surface area contributed by atoms with Crippen molar-refractivity contribution in [2.24, 2.45) is 11.7 Å². The Morgan fingerprint density at radius 3 is 2.34 bits per heavy atom. The van der Waals surface area contributed by atoms with Gasteiger partial charge in [0.2, 0.25) is 5.91 Å². The maximum Gasteiger partial charge on any atom is 0.407 e. The molecular weight excluding hydrogens is 372 g/mol. The van der Waals surface area contributed by atoms with E-state index >= 15 is 0 Å². The fraction of sp³-hybridized carbons (Fsp3) is 0.364. The number of primary amides is 1. The van der Waals surface area contributed by atoms with Crippen molar-refractivity contribution in [2.45, 2.75) is 19.4 Å². The van der Waals surface area contributed by atoms with Crippen molar-refractivity contribution in [1.82, 2.24) is 4.90 Å². The van der Waals surface area contributed by atoms with Crippen molar-refractivity contribution in [3.05, 3.63) is 53.6 Å². The summed E-state index contributed by atoms with van der Waals surface area (Å²) in [4.78, 5) is 23.7. The Hall–Kier alpha value is -3.06. The summed E-state index contributed by atoms with van der Waals surface area (Å²) in [5, 5.41) is 9.05. The molecule has 0 aromatic heterocycles. The highest BCUT2D eigenvalue weighted by molar-refractivity contribution is 5.93. The lowest BCUT2D eigenvalue weighted by molar-refractivity contribution is 0.1000. The molecule has 3 N–H and O–H groups in total. The highest BCUT2D eigenvalue weighted by Crippen LogP contribution is 2.29. The monoisotopic (exact) mass is 398 g/mol. The zero-order chi connectivity index (χ0) is 20.8. The molecule has 0 unspecified atom stereocenters. The molecule has 0 atom stereocenters. The van der Waals surface area contributed by atoms with Crippen LogP contribution >= 0.6 is 0 Å². The van der Waals surface area contributed by atoms with Gasteiger partial charge in [-0.05, 0) is 54.2 Å². The van der Waals surface area contributed by atoms with Gasteiger partial charge in [-0.2, -0.15) is 0 Å². The molecule has 2 amide bonds. The lowest BCUT2D eigenvalue weighted by Crippen LogP contribution is -2.38. The fourth-order valence-corrected chi connectivity index (χ4v) is 3.49. The number of piperidine rings is 1. The topological polar surface area (TPSA) is 102 Å². The van der Waals surface area contributed by atoms with Gasteiger partial charge in [0.15, 0.2) is 0 Å². The van der Waals surface area contributed by atoms with E-state index in [9.17, 15) is 9.59 Å². The Labute approximate surface area is 170 Å². The number of carbonyl (C=O) groups is 2. The van der Waals surface area contributed by atoms with Crippen LogP contribution in [0.25, 0.3) is 11.1 Å². The lowest BCUT2D eigenvalue weighted by atomic mass is 9.98. The van der Waals surface area contributed by atoms with Gasteiger partial charge in [0.1, 0.15) is 5.75 Å². The number of benzene rings is 2. The van der Waals surface area contributed by atoms with Crippen LogP contribution in [0.1, 0.15) is 28.8 Å². The Bertz CT molecular complexity index is 858. The maximum atomic E-state index is 11.2. The number of hydrogen-bond acceptors (Lipinski definition) is 4. The molecule has 7 nitrogen and oxygen atoms in total. The number of ether oxygens (including phenoxy) is 2. The number of carbonyl (C=O) groups excluding carboxylic acids is 1. The molecule has 1 heterocycles. The first-order valence-electron chi connectivity index (χ1n) is 9.60. The summed E-state index contributed by atoms with van der Waals surface area (Å²) < 4.78 is 11.4. The van der Waals surface area contributed by atoms with Crippen molar-refractivity contribution in [3.63, 3.8) is 0 Å². The van der Waals surface area contributed by atoms with Gasteiger partial charge in [-0.25, -0.2) is 4.79 Å². The molecule has 2 aromatic rings. The normalized spacial score (nSPS) is 14.6. The van der Waals surface area contributed by atoms with E-state index in [0.29, 0.717) is 37.8 Å². The molecule has 0 aliphatic carbocycles. The molecule has 0 radical (unpaired) electrons. The minimum atomic E-state index is -0.855. The second-order valence-electron chi connectivity index (χ2n) is 7.22. The number of methoxy groups -OCH3 is 1. The van der Waals surface area contributed by atoms with Gasteiger partial charge >= 0.3 is 6.09 Å². The van der Waals surface area contributed by atoms with Crippen molar-refractivity contribution < 1.29 is 24.2 Å². The summed E-state index contributed by atoms with van der Waals surface area (Å²) in [5.74, 6) is 0.654. The van der Waals surface area contributed by atoms with Crippen LogP contribution in [0.5, 0.6) is 5.75 Å². The summed E-state index contributed by atoms with van der Waals surface area (Å²) in [6.45, 7) is 2.07. The van der Waals surface area contributed by atoms with Gasteiger partial charge in [-0.1, -0.05) is 18.2 Å². The third-order valence-corrected chi connectivity index (χ3v) is 5.22. The molecule has 1 saturated heterocycles. The van der Waals surface area contributed by atoms with Crippen LogP contribution in [0, 0.1) is 5.92 Å². The SMILES string of the molecule is COCc1cc(-c2ccc(C(N)=O)cc2)ccc1OCC1CCN(C(=O)O)CC1. The quantitative estimate of drug-likeness (QED) is 0.744. The van der Waals surface area contributed by atoms with Gasteiger partial charge in [0.25, 0.3) is 0 Å². The predicted molar refractivity (Wildman–Crippen MR) is 109 cm³/mol. The first-order chi connectivity index (χ1) is 14.0. The molecule has 0 saturated carbocycles. The Morgan fingerprint density at radius 1 is 1.10 bits per heavy atom. The number of carboxylic acid groups (broad SMARTS) is 1. The van der Waals surface area contributed by atoms with Crippen LogP contribution < -0.4 is 10.5 Å². The van der Waals surface area contributed by atoms with E-state index in [1.165, 1.54) is 4.90 Å². The molecule has 1 aliphatic heterocycles. The summed E-state index contributed by atoms with van der Waals surface area (Å²) in [6, 6.07) is 13.1. The molecular formula is C22H26N2O5. The van der Waals surface area contributed by atoms with E-state index in [2.05, 4.69) is 0 Å². The standard InChI is InChI=1S/C22H26N2O5/c1-28-14-19-12-18(16-2-4-17(5-3-16)21(23)25)6-7-20(19)29-13-15-8-10-24(11-9-15)22(26)27/h2-7,12,15H,8-11,13-14H2,1H3,(H2,23,25)(H,26,27). The highest BCUT2D eigenvalue weighted by Gasteiger charge is 2.23. The van der Waals surface area contributed by atoms with Crippen molar-refractivity contribution in [2.75, 3.05) is 26.8 Å². The predicted octanol–water partition coefficient (Wildman–Crippen LogP) is 3.37. The summed E-state index contributed by atoms with van der Waals surface area (Å²) >= 11 is 0. The second kappa shape index (κ2) is 9.43. The van der Waals surface area contributed by atoms with Crippen LogP contribution in [-0.2, 0) is 11.3 Å². The number of hydrogen-bond donors (Lipinski definition) is 2. The van der Waals surface area contributed by atoms with E-state index in [-0.39, 0.29) is 0 Å². The van der Waals surface area contributed by atoms with Gasteiger partial charge < -0.3 is 25.2 Å². The van der Waals surface area contributed by atoms with Crippen LogP contribution in [0.2, 0.25) is 0 Å². The van der Waals surface area contributed by atoms with Gasteiger partial charge in [-0.15, -0.1) is 0 Å². The molecule has 0 bridgehead atoms. The minimum absolute atomic E-state index is 0.335. The molecule has 7 heteroatoms. The van der Waals surface area contributed by atoms with Gasteiger partial charge in [-0.3, -0.25) is 4.79 Å².